The van der Waals surface area contributed by atoms with E-state index in [0.717, 1.165) is 48.8 Å². The standard InChI is InChI=1S/C18H24N6O/c1-23(2)16-14(7-5-9-19-16)13-21-18(25)22-15-8-6-10-20-17(15)24-11-3-4-12-24/h5-10H,3-4,11-13H2,1-2H3,(H2,21,22,25). The van der Waals surface area contributed by atoms with E-state index in [9.17, 15) is 4.79 Å². The Morgan fingerprint density at radius 3 is 2.64 bits per heavy atom. The summed E-state index contributed by atoms with van der Waals surface area (Å²) in [7, 11) is 3.87. The van der Waals surface area contributed by atoms with Crippen molar-refractivity contribution in [3.05, 3.63) is 42.2 Å². The lowest BCUT2D eigenvalue weighted by Gasteiger charge is -2.20. The Kier molecular flexibility index (Phi) is 5.33. The summed E-state index contributed by atoms with van der Waals surface area (Å²) in [6.07, 6.45) is 5.83. The Morgan fingerprint density at radius 2 is 1.88 bits per heavy atom. The van der Waals surface area contributed by atoms with E-state index in [1.165, 1.54) is 0 Å². The van der Waals surface area contributed by atoms with Gasteiger partial charge in [-0.3, -0.25) is 0 Å². The molecule has 0 radical (unpaired) electrons. The summed E-state index contributed by atoms with van der Waals surface area (Å²) in [5.74, 6) is 1.69. The van der Waals surface area contributed by atoms with E-state index in [0.29, 0.717) is 6.54 Å². The van der Waals surface area contributed by atoms with Gasteiger partial charge in [0.25, 0.3) is 0 Å². The van der Waals surface area contributed by atoms with Gasteiger partial charge in [-0.25, -0.2) is 14.8 Å². The van der Waals surface area contributed by atoms with E-state index < -0.39 is 0 Å². The Balaban J connectivity index is 1.64. The molecular weight excluding hydrogens is 316 g/mol. The average molecular weight is 340 g/mol. The van der Waals surface area contributed by atoms with E-state index in [2.05, 4.69) is 25.5 Å². The van der Waals surface area contributed by atoms with E-state index in [-0.39, 0.29) is 6.03 Å². The molecule has 0 aromatic carbocycles. The molecule has 0 bridgehead atoms. The van der Waals surface area contributed by atoms with Crippen LogP contribution in [0, 0.1) is 0 Å². The first-order valence-corrected chi connectivity index (χ1v) is 8.51. The summed E-state index contributed by atoms with van der Waals surface area (Å²) in [6, 6.07) is 7.30. The van der Waals surface area contributed by atoms with Crippen LogP contribution in [0.15, 0.2) is 36.7 Å². The van der Waals surface area contributed by atoms with Crippen LogP contribution in [0.4, 0.5) is 22.1 Å². The minimum absolute atomic E-state index is 0.248. The van der Waals surface area contributed by atoms with Crippen LogP contribution in [-0.4, -0.2) is 43.2 Å². The molecule has 3 heterocycles. The first kappa shape index (κ1) is 17.0. The molecular formula is C18H24N6O. The molecule has 0 atom stereocenters. The Bertz CT molecular complexity index is 727. The Labute approximate surface area is 148 Å². The Hall–Kier alpha value is -2.83. The molecule has 7 heteroatoms. The fraction of sp³-hybridized carbons (Fsp3) is 0.389. The van der Waals surface area contributed by atoms with Gasteiger partial charge in [-0.1, -0.05) is 6.07 Å². The number of urea groups is 1. The van der Waals surface area contributed by atoms with Crippen LogP contribution in [0.25, 0.3) is 0 Å². The predicted octanol–water partition coefficient (Wildman–Crippen LogP) is 2.46. The number of carbonyl (C=O) groups is 1. The second kappa shape index (κ2) is 7.83. The summed E-state index contributed by atoms with van der Waals surface area (Å²) in [4.78, 5) is 25.3. The van der Waals surface area contributed by atoms with Gasteiger partial charge in [0.05, 0.1) is 5.69 Å². The maximum absolute atomic E-state index is 12.3. The smallest absolute Gasteiger partial charge is 0.319 e. The fourth-order valence-electron chi connectivity index (χ4n) is 2.99. The molecule has 1 fully saturated rings. The number of pyridine rings is 2. The third-order valence-electron chi connectivity index (χ3n) is 4.17. The van der Waals surface area contributed by atoms with Gasteiger partial charge in [-0.05, 0) is 31.0 Å². The van der Waals surface area contributed by atoms with Crippen molar-refractivity contribution in [2.24, 2.45) is 0 Å². The van der Waals surface area contributed by atoms with Gasteiger partial charge >= 0.3 is 6.03 Å². The number of rotatable bonds is 5. The van der Waals surface area contributed by atoms with E-state index in [4.69, 9.17) is 0 Å². The molecule has 0 unspecified atom stereocenters. The summed E-state index contributed by atoms with van der Waals surface area (Å²) >= 11 is 0. The van der Waals surface area contributed by atoms with Gasteiger partial charge in [-0.2, -0.15) is 0 Å². The summed E-state index contributed by atoms with van der Waals surface area (Å²) in [6.45, 7) is 2.37. The number of aromatic nitrogens is 2. The number of carbonyl (C=O) groups excluding carboxylic acids is 1. The van der Waals surface area contributed by atoms with Crippen molar-refractivity contribution in [3.8, 4) is 0 Å². The molecule has 132 valence electrons. The molecule has 3 rings (SSSR count). The lowest BCUT2D eigenvalue weighted by molar-refractivity contribution is 0.251. The molecule has 2 N–H and O–H groups in total. The van der Waals surface area contributed by atoms with Crippen LogP contribution >= 0.6 is 0 Å². The molecule has 0 saturated carbocycles. The highest BCUT2D eigenvalue weighted by Crippen LogP contribution is 2.26. The molecule has 2 aromatic rings. The van der Waals surface area contributed by atoms with Crippen LogP contribution in [0.5, 0.6) is 0 Å². The quantitative estimate of drug-likeness (QED) is 0.875. The van der Waals surface area contributed by atoms with Crippen molar-refractivity contribution >= 4 is 23.4 Å². The Morgan fingerprint density at radius 1 is 1.16 bits per heavy atom. The van der Waals surface area contributed by atoms with Gasteiger partial charge < -0.3 is 20.4 Å². The third-order valence-corrected chi connectivity index (χ3v) is 4.17. The number of nitrogens with zero attached hydrogens (tertiary/aromatic N) is 4. The highest BCUT2D eigenvalue weighted by molar-refractivity contribution is 5.92. The van der Waals surface area contributed by atoms with Crippen molar-refractivity contribution in [3.63, 3.8) is 0 Å². The topological polar surface area (TPSA) is 73.4 Å². The van der Waals surface area contributed by atoms with Gasteiger partial charge in [0.15, 0.2) is 5.82 Å². The maximum Gasteiger partial charge on any atom is 0.319 e. The van der Waals surface area contributed by atoms with Crippen LogP contribution in [0.1, 0.15) is 18.4 Å². The van der Waals surface area contributed by atoms with Crippen LogP contribution in [0.2, 0.25) is 0 Å². The summed E-state index contributed by atoms with van der Waals surface area (Å²) in [5.41, 5.74) is 1.70. The van der Waals surface area contributed by atoms with Crippen molar-refractivity contribution in [2.45, 2.75) is 19.4 Å². The minimum Gasteiger partial charge on any atom is -0.362 e. The molecule has 2 aromatic heterocycles. The summed E-state index contributed by atoms with van der Waals surface area (Å²) in [5, 5.41) is 5.82. The third kappa shape index (κ3) is 4.17. The van der Waals surface area contributed by atoms with Gasteiger partial charge in [0.2, 0.25) is 0 Å². The van der Waals surface area contributed by atoms with Crippen molar-refractivity contribution in [1.29, 1.82) is 0 Å². The molecule has 25 heavy (non-hydrogen) atoms. The fourth-order valence-corrected chi connectivity index (χ4v) is 2.99. The van der Waals surface area contributed by atoms with Crippen molar-refractivity contribution in [2.75, 3.05) is 42.3 Å². The van der Waals surface area contributed by atoms with Gasteiger partial charge in [0.1, 0.15) is 5.82 Å². The number of nitrogens with one attached hydrogen (secondary N) is 2. The largest absolute Gasteiger partial charge is 0.362 e. The zero-order chi connectivity index (χ0) is 17.6. The van der Waals surface area contributed by atoms with E-state index >= 15 is 0 Å². The SMILES string of the molecule is CN(C)c1ncccc1CNC(=O)Nc1cccnc1N1CCCC1. The van der Waals surface area contributed by atoms with E-state index in [1.54, 1.807) is 12.4 Å². The number of hydrogen-bond acceptors (Lipinski definition) is 5. The number of amides is 2. The first-order valence-electron chi connectivity index (χ1n) is 8.51. The zero-order valence-electron chi connectivity index (χ0n) is 14.7. The molecule has 1 saturated heterocycles. The maximum atomic E-state index is 12.3. The number of hydrogen-bond donors (Lipinski definition) is 2. The van der Waals surface area contributed by atoms with Crippen molar-refractivity contribution < 1.29 is 4.79 Å². The first-order chi connectivity index (χ1) is 12.1. The lowest BCUT2D eigenvalue weighted by atomic mass is 10.2. The molecule has 1 aliphatic heterocycles. The zero-order valence-corrected chi connectivity index (χ0v) is 14.7. The van der Waals surface area contributed by atoms with E-state index in [1.807, 2.05) is 43.3 Å². The molecule has 7 nitrogen and oxygen atoms in total. The van der Waals surface area contributed by atoms with Gasteiger partial charge in [0, 0.05) is 51.7 Å². The molecule has 0 spiro atoms. The highest BCUT2D eigenvalue weighted by atomic mass is 16.2. The lowest BCUT2D eigenvalue weighted by Crippen LogP contribution is -2.30. The van der Waals surface area contributed by atoms with Crippen LogP contribution < -0.4 is 20.4 Å². The van der Waals surface area contributed by atoms with Gasteiger partial charge in [-0.15, -0.1) is 0 Å². The van der Waals surface area contributed by atoms with Crippen LogP contribution in [0.3, 0.4) is 0 Å². The summed E-state index contributed by atoms with van der Waals surface area (Å²) < 4.78 is 0. The minimum atomic E-state index is -0.248. The molecule has 0 aliphatic carbocycles. The second-order valence-corrected chi connectivity index (χ2v) is 6.26. The monoisotopic (exact) mass is 340 g/mol. The highest BCUT2D eigenvalue weighted by Gasteiger charge is 2.18. The molecule has 1 aliphatic rings. The normalized spacial score (nSPS) is 13.6. The van der Waals surface area contributed by atoms with Crippen LogP contribution in [-0.2, 0) is 6.54 Å². The predicted molar refractivity (Wildman–Crippen MR) is 100 cm³/mol. The number of anilines is 3. The average Bonchev–Trinajstić information content (AvgIpc) is 3.15. The molecule has 2 amide bonds. The second-order valence-electron chi connectivity index (χ2n) is 6.26. The van der Waals surface area contributed by atoms with Crippen molar-refractivity contribution in [1.82, 2.24) is 15.3 Å².